The van der Waals surface area contributed by atoms with Crippen LogP contribution >= 0.6 is 0 Å². The molecule has 0 radical (unpaired) electrons. The molecule has 8 nitrogen and oxygen atoms in total. The minimum atomic E-state index is -4.58. The van der Waals surface area contributed by atoms with E-state index in [2.05, 4.69) is 15.5 Å². The van der Waals surface area contributed by atoms with E-state index in [0.717, 1.165) is 24.1 Å². The number of amides is 2. The van der Waals surface area contributed by atoms with Gasteiger partial charge in [0.05, 0.1) is 5.52 Å². The van der Waals surface area contributed by atoms with Gasteiger partial charge in [0, 0.05) is 42.0 Å². The molecule has 5 rings (SSSR count). The number of fused-ring (bicyclic) bond motifs is 1. The highest BCUT2D eigenvalue weighted by Crippen LogP contribution is 2.34. The van der Waals surface area contributed by atoms with Crippen LogP contribution in [0.5, 0.6) is 0 Å². The number of H-pyrrole nitrogens is 1. The van der Waals surface area contributed by atoms with Gasteiger partial charge in [-0.25, -0.2) is 0 Å². The first-order valence-electron chi connectivity index (χ1n) is 12.4. The molecule has 0 aliphatic carbocycles. The molecular weight excluding hydrogens is 497 g/mol. The first-order valence-corrected chi connectivity index (χ1v) is 12.4. The zero-order valence-corrected chi connectivity index (χ0v) is 21.0. The average Bonchev–Trinajstić information content (AvgIpc) is 3.51. The van der Waals surface area contributed by atoms with Crippen molar-refractivity contribution >= 4 is 28.4 Å². The summed E-state index contributed by atoms with van der Waals surface area (Å²) in [5.41, 5.74) is 2.49. The first-order chi connectivity index (χ1) is 18.1. The lowest BCUT2D eigenvalue weighted by atomic mass is 9.89. The molecule has 198 valence electrons. The van der Waals surface area contributed by atoms with Gasteiger partial charge in [0.15, 0.2) is 5.69 Å². The molecule has 0 saturated carbocycles. The number of aromatic nitrogens is 4. The van der Waals surface area contributed by atoms with Crippen LogP contribution in [0.3, 0.4) is 0 Å². The number of aryl methyl sites for hydroxylation is 2. The van der Waals surface area contributed by atoms with Crippen LogP contribution in [0.25, 0.3) is 10.9 Å². The highest BCUT2D eigenvalue weighted by Gasteiger charge is 2.35. The zero-order chi connectivity index (χ0) is 27.0. The quantitative estimate of drug-likeness (QED) is 0.367. The molecule has 1 aliphatic heterocycles. The summed E-state index contributed by atoms with van der Waals surface area (Å²) >= 11 is 0. The third kappa shape index (κ3) is 5.00. The summed E-state index contributed by atoms with van der Waals surface area (Å²) in [4.78, 5) is 27.3. The smallest absolute Gasteiger partial charge is 0.339 e. The Morgan fingerprint density at radius 2 is 1.79 bits per heavy atom. The van der Waals surface area contributed by atoms with Crippen LogP contribution in [-0.2, 0) is 12.7 Å². The molecule has 11 heteroatoms. The molecule has 38 heavy (non-hydrogen) atoms. The molecule has 1 fully saturated rings. The van der Waals surface area contributed by atoms with Crippen molar-refractivity contribution in [2.24, 2.45) is 0 Å². The van der Waals surface area contributed by atoms with Crippen molar-refractivity contribution in [3.05, 3.63) is 76.7 Å². The molecule has 0 atom stereocenters. The van der Waals surface area contributed by atoms with Crippen LogP contribution in [0, 0.1) is 6.92 Å². The van der Waals surface area contributed by atoms with Crippen LogP contribution in [0.1, 0.15) is 63.5 Å². The molecule has 2 N–H and O–H groups in total. The van der Waals surface area contributed by atoms with E-state index in [9.17, 15) is 22.8 Å². The lowest BCUT2D eigenvalue weighted by molar-refractivity contribution is -0.139. The Kier molecular flexibility index (Phi) is 6.68. The SMILES string of the molecule is CCn1nc(C(=O)Nc2ccc(C3CCN(C(=O)c4ccc5n[nH]c(C(F)(F)F)c5c4)CC3)cc2)cc1C. The summed E-state index contributed by atoms with van der Waals surface area (Å²) in [5.74, 6) is -0.325. The summed E-state index contributed by atoms with van der Waals surface area (Å²) in [6, 6.07) is 13.6. The van der Waals surface area contributed by atoms with Crippen molar-refractivity contribution in [2.75, 3.05) is 18.4 Å². The zero-order valence-electron chi connectivity index (χ0n) is 21.0. The van der Waals surface area contributed by atoms with E-state index >= 15 is 0 Å². The standard InChI is InChI=1S/C27H27F3N6O2/c1-3-36-16(2)14-23(34-36)25(37)31-20-7-4-17(5-8-20)18-10-12-35(13-11-18)26(38)19-6-9-22-21(15-19)24(33-32-22)27(28,29)30/h4-9,14-15,18H,3,10-13H2,1-2H3,(H,31,37)(H,32,33). The molecule has 0 unspecified atom stereocenters. The number of carbonyl (C=O) groups is 2. The molecular formula is C27H27F3N6O2. The fourth-order valence-corrected chi connectivity index (χ4v) is 4.93. The summed E-state index contributed by atoms with van der Waals surface area (Å²) in [6.07, 6.45) is -3.12. The number of halogens is 3. The van der Waals surface area contributed by atoms with Gasteiger partial charge >= 0.3 is 6.18 Å². The van der Waals surface area contributed by atoms with Crippen molar-refractivity contribution in [3.8, 4) is 0 Å². The number of alkyl halides is 3. The van der Waals surface area contributed by atoms with Gasteiger partial charge in [-0.3, -0.25) is 19.4 Å². The Balaban J connectivity index is 1.20. The van der Waals surface area contributed by atoms with E-state index in [1.165, 1.54) is 18.2 Å². The number of benzene rings is 2. The second-order valence-electron chi connectivity index (χ2n) is 9.46. The molecule has 2 aromatic carbocycles. The van der Waals surface area contributed by atoms with Crippen LogP contribution in [0.15, 0.2) is 48.5 Å². The number of nitrogens with one attached hydrogen (secondary N) is 2. The maximum Gasteiger partial charge on any atom is 0.433 e. The number of hydrogen-bond donors (Lipinski definition) is 2. The minimum absolute atomic E-state index is 0.112. The number of likely N-dealkylation sites (tertiary alicyclic amines) is 1. The largest absolute Gasteiger partial charge is 0.433 e. The monoisotopic (exact) mass is 524 g/mol. The second-order valence-corrected chi connectivity index (χ2v) is 9.46. The molecule has 0 bridgehead atoms. The Labute approximate surface area is 216 Å². The second kappa shape index (κ2) is 9.96. The fourth-order valence-electron chi connectivity index (χ4n) is 4.93. The maximum atomic E-state index is 13.2. The van der Waals surface area contributed by atoms with Crippen molar-refractivity contribution in [3.63, 3.8) is 0 Å². The lowest BCUT2D eigenvalue weighted by Crippen LogP contribution is -2.37. The van der Waals surface area contributed by atoms with E-state index in [4.69, 9.17) is 0 Å². The van der Waals surface area contributed by atoms with Crippen molar-refractivity contribution in [1.29, 1.82) is 0 Å². The number of aromatic amines is 1. The van der Waals surface area contributed by atoms with Crippen LogP contribution in [0.2, 0.25) is 0 Å². The molecule has 2 aromatic heterocycles. The fraction of sp³-hybridized carbons (Fsp3) is 0.333. The van der Waals surface area contributed by atoms with Crippen LogP contribution in [-0.4, -0.2) is 49.8 Å². The third-order valence-electron chi connectivity index (χ3n) is 7.02. The Morgan fingerprint density at radius 1 is 1.08 bits per heavy atom. The van der Waals surface area contributed by atoms with Gasteiger partial charge in [-0.2, -0.15) is 23.4 Å². The van der Waals surface area contributed by atoms with E-state index < -0.39 is 11.9 Å². The van der Waals surface area contributed by atoms with Crippen molar-refractivity contribution < 1.29 is 22.8 Å². The van der Waals surface area contributed by atoms with Crippen LogP contribution in [0.4, 0.5) is 18.9 Å². The van der Waals surface area contributed by atoms with E-state index in [1.54, 1.807) is 15.6 Å². The van der Waals surface area contributed by atoms with Crippen molar-refractivity contribution in [1.82, 2.24) is 24.9 Å². The number of carbonyl (C=O) groups excluding carboxylic acids is 2. The number of nitrogens with zero attached hydrogens (tertiary/aromatic N) is 4. The number of rotatable bonds is 5. The molecule has 3 heterocycles. The first kappa shape index (κ1) is 25.5. The third-order valence-corrected chi connectivity index (χ3v) is 7.02. The van der Waals surface area contributed by atoms with Gasteiger partial charge < -0.3 is 10.2 Å². The van der Waals surface area contributed by atoms with Crippen LogP contribution < -0.4 is 5.32 Å². The Bertz CT molecular complexity index is 1480. The topological polar surface area (TPSA) is 95.9 Å². The molecule has 1 aliphatic rings. The Morgan fingerprint density at radius 3 is 2.42 bits per heavy atom. The highest BCUT2D eigenvalue weighted by atomic mass is 19.4. The van der Waals surface area contributed by atoms with Gasteiger partial charge in [0.2, 0.25) is 0 Å². The van der Waals surface area contributed by atoms with Gasteiger partial charge in [-0.15, -0.1) is 0 Å². The number of hydrogen-bond acceptors (Lipinski definition) is 4. The summed E-state index contributed by atoms with van der Waals surface area (Å²) in [5, 5.41) is 12.8. The predicted molar refractivity (Wildman–Crippen MR) is 136 cm³/mol. The molecule has 1 saturated heterocycles. The summed E-state index contributed by atoms with van der Waals surface area (Å²) in [6.45, 7) is 5.56. The number of piperidine rings is 1. The number of anilines is 1. The van der Waals surface area contributed by atoms with E-state index in [-0.39, 0.29) is 34.2 Å². The molecule has 4 aromatic rings. The Hall–Kier alpha value is -4.15. The van der Waals surface area contributed by atoms with Gasteiger partial charge in [-0.05, 0) is 74.6 Å². The van der Waals surface area contributed by atoms with E-state index in [0.29, 0.717) is 31.0 Å². The normalized spacial score (nSPS) is 14.7. The van der Waals surface area contributed by atoms with Crippen molar-refractivity contribution in [2.45, 2.75) is 45.3 Å². The summed E-state index contributed by atoms with van der Waals surface area (Å²) < 4.78 is 41.5. The van der Waals surface area contributed by atoms with E-state index in [1.807, 2.05) is 43.2 Å². The van der Waals surface area contributed by atoms with Gasteiger partial charge in [-0.1, -0.05) is 12.1 Å². The molecule has 2 amide bonds. The lowest BCUT2D eigenvalue weighted by Gasteiger charge is -2.32. The highest BCUT2D eigenvalue weighted by molar-refractivity contribution is 6.03. The minimum Gasteiger partial charge on any atom is -0.339 e. The van der Waals surface area contributed by atoms with Gasteiger partial charge in [0.1, 0.15) is 5.69 Å². The maximum absolute atomic E-state index is 13.2. The summed E-state index contributed by atoms with van der Waals surface area (Å²) in [7, 11) is 0. The molecule has 0 spiro atoms. The average molecular weight is 525 g/mol. The predicted octanol–water partition coefficient (Wildman–Crippen LogP) is 5.38. The van der Waals surface area contributed by atoms with Gasteiger partial charge in [0.25, 0.3) is 11.8 Å².